The molecular formula is C23H24N4O2. The van der Waals surface area contributed by atoms with Crippen molar-refractivity contribution < 1.29 is 9.53 Å². The zero-order chi connectivity index (χ0) is 19.9. The third-order valence-corrected chi connectivity index (χ3v) is 4.92. The second kappa shape index (κ2) is 9.30. The molecule has 1 amide bonds. The van der Waals surface area contributed by atoms with Gasteiger partial charge >= 0.3 is 0 Å². The van der Waals surface area contributed by atoms with E-state index < -0.39 is 0 Å². The summed E-state index contributed by atoms with van der Waals surface area (Å²) in [5.41, 5.74) is 2.18. The van der Waals surface area contributed by atoms with E-state index in [9.17, 15) is 4.79 Å². The van der Waals surface area contributed by atoms with Crippen LogP contribution in [0.15, 0.2) is 72.8 Å². The minimum Gasteiger partial charge on any atom is -0.376 e. The van der Waals surface area contributed by atoms with Gasteiger partial charge in [0.05, 0.1) is 12.6 Å². The van der Waals surface area contributed by atoms with Crippen molar-refractivity contribution in [2.45, 2.75) is 25.5 Å². The Morgan fingerprint density at radius 3 is 2.41 bits per heavy atom. The first kappa shape index (κ1) is 19.1. The first-order valence-electron chi connectivity index (χ1n) is 9.89. The maximum Gasteiger partial charge on any atom is 0.279 e. The monoisotopic (exact) mass is 388 g/mol. The Labute approximate surface area is 170 Å². The molecule has 1 aliphatic rings. The fraction of sp³-hybridized carbons (Fsp3) is 0.261. The van der Waals surface area contributed by atoms with Crippen LogP contribution in [0.5, 0.6) is 0 Å². The average Bonchev–Trinajstić information content (AvgIpc) is 3.31. The van der Waals surface area contributed by atoms with E-state index in [-0.39, 0.29) is 12.0 Å². The van der Waals surface area contributed by atoms with Gasteiger partial charge in [0.1, 0.15) is 5.82 Å². The molecule has 6 heteroatoms. The second-order valence-electron chi connectivity index (χ2n) is 7.03. The molecule has 1 atom stereocenters. The summed E-state index contributed by atoms with van der Waals surface area (Å²) >= 11 is 0. The van der Waals surface area contributed by atoms with Crippen LogP contribution < -0.4 is 10.2 Å². The van der Waals surface area contributed by atoms with Crippen molar-refractivity contribution in [1.82, 2.24) is 10.2 Å². The van der Waals surface area contributed by atoms with E-state index in [1.165, 1.54) is 0 Å². The molecule has 3 aromatic rings. The average molecular weight is 388 g/mol. The van der Waals surface area contributed by atoms with Gasteiger partial charge in [-0.2, -0.15) is 0 Å². The van der Waals surface area contributed by atoms with Crippen LogP contribution >= 0.6 is 0 Å². The standard InChI is InChI=1S/C23H24N4O2/c28-23(21-13-14-22(26-25-21)24-16-20-12-7-15-29-20)27(19-10-5-2-6-11-19)17-18-8-3-1-4-9-18/h1-6,8-11,13-14,20H,7,12,15-17H2,(H,24,26). The van der Waals surface area contributed by atoms with Gasteiger partial charge in [-0.3, -0.25) is 4.79 Å². The number of hydrogen-bond donors (Lipinski definition) is 1. The lowest BCUT2D eigenvalue weighted by Crippen LogP contribution is -2.31. The van der Waals surface area contributed by atoms with E-state index in [4.69, 9.17) is 4.74 Å². The van der Waals surface area contributed by atoms with Crippen molar-refractivity contribution in [1.29, 1.82) is 0 Å². The van der Waals surface area contributed by atoms with Gasteiger partial charge in [0.25, 0.3) is 5.91 Å². The second-order valence-corrected chi connectivity index (χ2v) is 7.03. The van der Waals surface area contributed by atoms with Gasteiger partial charge in [0, 0.05) is 18.8 Å². The molecule has 0 aliphatic carbocycles. The fourth-order valence-electron chi connectivity index (χ4n) is 3.36. The smallest absolute Gasteiger partial charge is 0.279 e. The highest BCUT2D eigenvalue weighted by Gasteiger charge is 2.20. The highest BCUT2D eigenvalue weighted by Crippen LogP contribution is 2.20. The molecule has 2 heterocycles. The molecular weight excluding hydrogens is 364 g/mol. The minimum absolute atomic E-state index is 0.182. The van der Waals surface area contributed by atoms with Gasteiger partial charge in [0.2, 0.25) is 0 Å². The summed E-state index contributed by atoms with van der Waals surface area (Å²) in [5, 5.41) is 11.6. The number of nitrogens with one attached hydrogen (secondary N) is 1. The molecule has 0 spiro atoms. The van der Waals surface area contributed by atoms with Crippen molar-refractivity contribution in [3.8, 4) is 0 Å². The number of hydrogen-bond acceptors (Lipinski definition) is 5. The largest absolute Gasteiger partial charge is 0.376 e. The minimum atomic E-state index is -0.182. The number of ether oxygens (including phenoxy) is 1. The molecule has 0 bridgehead atoms. The molecule has 6 nitrogen and oxygen atoms in total. The molecule has 0 saturated carbocycles. The van der Waals surface area contributed by atoms with E-state index >= 15 is 0 Å². The van der Waals surface area contributed by atoms with Gasteiger partial charge < -0.3 is 15.0 Å². The quantitative estimate of drug-likeness (QED) is 0.665. The van der Waals surface area contributed by atoms with Crippen molar-refractivity contribution in [2.75, 3.05) is 23.4 Å². The van der Waals surface area contributed by atoms with Gasteiger partial charge in [-0.05, 0) is 42.7 Å². The van der Waals surface area contributed by atoms with E-state index in [0.717, 1.165) is 30.7 Å². The number of benzene rings is 2. The van der Waals surface area contributed by atoms with Gasteiger partial charge in [-0.25, -0.2) is 0 Å². The maximum atomic E-state index is 13.2. The number of carbonyl (C=O) groups excluding carboxylic acids is 1. The predicted octanol–water partition coefficient (Wildman–Crippen LogP) is 3.91. The van der Waals surface area contributed by atoms with Gasteiger partial charge in [-0.1, -0.05) is 48.5 Å². The molecule has 29 heavy (non-hydrogen) atoms. The molecule has 1 saturated heterocycles. The van der Waals surface area contributed by atoms with Crippen LogP contribution in [-0.2, 0) is 11.3 Å². The lowest BCUT2D eigenvalue weighted by Gasteiger charge is -2.22. The molecule has 4 rings (SSSR count). The summed E-state index contributed by atoms with van der Waals surface area (Å²) in [4.78, 5) is 14.9. The molecule has 1 N–H and O–H groups in total. The van der Waals surface area contributed by atoms with Crippen molar-refractivity contribution in [2.24, 2.45) is 0 Å². The van der Waals surface area contributed by atoms with Gasteiger partial charge in [-0.15, -0.1) is 10.2 Å². The van der Waals surface area contributed by atoms with Gasteiger partial charge in [0.15, 0.2) is 5.69 Å². The molecule has 1 unspecified atom stereocenters. The number of aromatic nitrogens is 2. The maximum absolute atomic E-state index is 13.2. The van der Waals surface area contributed by atoms with Crippen LogP contribution in [-0.4, -0.2) is 35.4 Å². The first-order chi connectivity index (χ1) is 14.3. The van der Waals surface area contributed by atoms with Crippen LogP contribution in [0.2, 0.25) is 0 Å². The Kier molecular flexibility index (Phi) is 6.12. The Morgan fingerprint density at radius 2 is 1.76 bits per heavy atom. The Hall–Kier alpha value is -3.25. The third kappa shape index (κ3) is 4.97. The number of para-hydroxylation sites is 1. The predicted molar refractivity (Wildman–Crippen MR) is 113 cm³/mol. The highest BCUT2D eigenvalue weighted by atomic mass is 16.5. The molecule has 148 valence electrons. The van der Waals surface area contributed by atoms with Crippen LogP contribution in [0.4, 0.5) is 11.5 Å². The van der Waals surface area contributed by atoms with E-state index in [2.05, 4.69) is 15.5 Å². The van der Waals surface area contributed by atoms with Crippen LogP contribution in [0, 0.1) is 0 Å². The lowest BCUT2D eigenvalue weighted by molar-refractivity contribution is 0.0979. The first-order valence-corrected chi connectivity index (χ1v) is 9.89. The molecule has 1 aliphatic heterocycles. The van der Waals surface area contributed by atoms with Crippen LogP contribution in [0.3, 0.4) is 0 Å². The SMILES string of the molecule is O=C(c1ccc(NCC2CCCO2)nn1)N(Cc1ccccc1)c1ccccc1. The molecule has 1 fully saturated rings. The zero-order valence-electron chi connectivity index (χ0n) is 16.2. The zero-order valence-corrected chi connectivity index (χ0v) is 16.2. The fourth-order valence-corrected chi connectivity index (χ4v) is 3.36. The number of carbonyl (C=O) groups is 1. The van der Waals surface area contributed by atoms with Crippen molar-refractivity contribution >= 4 is 17.4 Å². The van der Waals surface area contributed by atoms with Crippen LogP contribution in [0.25, 0.3) is 0 Å². The summed E-state index contributed by atoms with van der Waals surface area (Å²) in [6.45, 7) is 1.98. The summed E-state index contributed by atoms with van der Waals surface area (Å²) in [5.74, 6) is 0.463. The summed E-state index contributed by atoms with van der Waals surface area (Å²) < 4.78 is 5.60. The van der Waals surface area contributed by atoms with Crippen molar-refractivity contribution in [3.63, 3.8) is 0 Å². The Bertz CT molecular complexity index is 911. The van der Waals surface area contributed by atoms with E-state index in [0.29, 0.717) is 24.6 Å². The topological polar surface area (TPSA) is 67.3 Å². The molecule has 2 aromatic carbocycles. The highest BCUT2D eigenvalue weighted by molar-refractivity contribution is 6.04. The van der Waals surface area contributed by atoms with E-state index in [1.807, 2.05) is 60.7 Å². The van der Waals surface area contributed by atoms with Crippen molar-refractivity contribution in [3.05, 3.63) is 84.1 Å². The normalized spacial score (nSPS) is 15.8. The molecule has 0 radical (unpaired) electrons. The summed E-state index contributed by atoms with van der Waals surface area (Å²) in [6, 6.07) is 23.0. The Morgan fingerprint density at radius 1 is 1.00 bits per heavy atom. The summed E-state index contributed by atoms with van der Waals surface area (Å²) in [7, 11) is 0. The molecule has 1 aromatic heterocycles. The number of rotatable bonds is 7. The van der Waals surface area contributed by atoms with Crippen LogP contribution in [0.1, 0.15) is 28.9 Å². The number of nitrogens with zero attached hydrogens (tertiary/aromatic N) is 3. The summed E-state index contributed by atoms with van der Waals surface area (Å²) in [6.07, 6.45) is 2.38. The third-order valence-electron chi connectivity index (χ3n) is 4.92. The number of amides is 1. The Balaban J connectivity index is 1.49. The number of anilines is 2. The van der Waals surface area contributed by atoms with E-state index in [1.54, 1.807) is 17.0 Å². The lowest BCUT2D eigenvalue weighted by atomic mass is 10.2.